The van der Waals surface area contributed by atoms with Gasteiger partial charge in [-0.1, -0.05) is 17.3 Å². The van der Waals surface area contributed by atoms with Gasteiger partial charge < -0.3 is 9.84 Å². The number of hydrogen-bond donors (Lipinski definition) is 2. The summed E-state index contributed by atoms with van der Waals surface area (Å²) >= 11 is 0. The van der Waals surface area contributed by atoms with E-state index in [-0.39, 0.29) is 22.2 Å². The number of amides is 1. The molecule has 0 aliphatic heterocycles. The average Bonchev–Trinajstić information content (AvgIpc) is 2.88. The summed E-state index contributed by atoms with van der Waals surface area (Å²) < 4.78 is 44.7. The Morgan fingerprint density at radius 3 is 2.48 bits per heavy atom. The van der Waals surface area contributed by atoms with Crippen LogP contribution in [0, 0.1) is 19.7 Å². The minimum atomic E-state index is -3.91. The van der Waals surface area contributed by atoms with Gasteiger partial charge in [-0.15, -0.1) is 0 Å². The van der Waals surface area contributed by atoms with Gasteiger partial charge in [-0.2, -0.15) is 4.72 Å². The Hall–Kier alpha value is -2.26. The van der Waals surface area contributed by atoms with Gasteiger partial charge in [0.15, 0.2) is 5.76 Å². The van der Waals surface area contributed by atoms with Crippen molar-refractivity contribution < 1.29 is 22.1 Å². The zero-order valence-electron chi connectivity index (χ0n) is 14.2. The molecule has 0 aliphatic carbocycles. The van der Waals surface area contributed by atoms with Crippen LogP contribution in [0.5, 0.6) is 0 Å². The largest absolute Gasteiger partial charge is 0.360 e. The second-order valence-electron chi connectivity index (χ2n) is 5.66. The minimum Gasteiger partial charge on any atom is -0.360 e. The fourth-order valence-electron chi connectivity index (χ4n) is 2.34. The summed E-state index contributed by atoms with van der Waals surface area (Å²) in [6.07, 6.45) is 0.509. The Balaban J connectivity index is 1.90. The maximum atomic E-state index is 12.8. The van der Waals surface area contributed by atoms with Crippen LogP contribution in [-0.2, 0) is 21.2 Å². The van der Waals surface area contributed by atoms with Crippen LogP contribution < -0.4 is 10.0 Å². The Morgan fingerprint density at radius 1 is 1.28 bits per heavy atom. The first-order valence-corrected chi connectivity index (χ1v) is 9.16. The molecule has 1 atom stereocenters. The average molecular weight is 369 g/mol. The molecule has 0 spiro atoms. The molecule has 0 aliphatic rings. The highest BCUT2D eigenvalue weighted by Crippen LogP contribution is 2.18. The molecule has 0 saturated heterocycles. The van der Waals surface area contributed by atoms with Crippen LogP contribution in [0.25, 0.3) is 0 Å². The minimum absolute atomic E-state index is 0.0570. The highest BCUT2D eigenvalue weighted by molar-refractivity contribution is 7.89. The predicted molar refractivity (Wildman–Crippen MR) is 88.9 cm³/mol. The van der Waals surface area contributed by atoms with Crippen LogP contribution in [0.2, 0.25) is 0 Å². The van der Waals surface area contributed by atoms with Gasteiger partial charge in [0.2, 0.25) is 15.9 Å². The number of rotatable bonds is 7. The highest BCUT2D eigenvalue weighted by Gasteiger charge is 2.27. The quantitative estimate of drug-likeness (QED) is 0.769. The second kappa shape index (κ2) is 7.75. The molecule has 0 unspecified atom stereocenters. The topological polar surface area (TPSA) is 101 Å². The third-order valence-corrected chi connectivity index (χ3v) is 5.37. The molecule has 0 fully saturated rings. The molecular weight excluding hydrogens is 349 g/mol. The fraction of sp³-hybridized carbons (Fsp3) is 0.375. The number of benzene rings is 1. The van der Waals surface area contributed by atoms with Crippen molar-refractivity contribution in [1.29, 1.82) is 0 Å². The Morgan fingerprint density at radius 2 is 1.92 bits per heavy atom. The predicted octanol–water partition coefficient (Wildman–Crippen LogP) is 1.46. The molecule has 0 radical (unpaired) electrons. The van der Waals surface area contributed by atoms with Crippen molar-refractivity contribution in [3.63, 3.8) is 0 Å². The van der Waals surface area contributed by atoms with E-state index in [1.807, 2.05) is 0 Å². The maximum Gasteiger partial charge on any atom is 0.246 e. The van der Waals surface area contributed by atoms with Crippen molar-refractivity contribution in [3.8, 4) is 0 Å². The van der Waals surface area contributed by atoms with Gasteiger partial charge in [-0.3, -0.25) is 4.79 Å². The second-order valence-corrected chi connectivity index (χ2v) is 7.31. The Bertz CT molecular complexity index is 827. The third-order valence-electron chi connectivity index (χ3n) is 3.59. The number of carbonyl (C=O) groups excluding carboxylic acids is 1. The number of aryl methyl sites for hydroxylation is 2. The molecule has 2 rings (SSSR count). The van der Waals surface area contributed by atoms with Crippen molar-refractivity contribution in [3.05, 3.63) is 47.1 Å². The number of halogens is 1. The van der Waals surface area contributed by atoms with Crippen molar-refractivity contribution in [2.24, 2.45) is 0 Å². The number of nitrogens with one attached hydrogen (secondary N) is 2. The fourth-order valence-corrected chi connectivity index (χ4v) is 3.87. The van der Waals surface area contributed by atoms with Crippen LogP contribution >= 0.6 is 0 Å². The lowest BCUT2D eigenvalue weighted by atomic mass is 10.1. The van der Waals surface area contributed by atoms with Gasteiger partial charge in [0.05, 0.1) is 6.04 Å². The van der Waals surface area contributed by atoms with E-state index in [2.05, 4.69) is 15.2 Å². The SMILES string of the molecule is Cc1noc(C)c1S(=O)(=O)N[C@H](C)C(=O)NCCc1ccc(F)cc1. The Kier molecular flexibility index (Phi) is 5.91. The molecule has 1 aromatic heterocycles. The summed E-state index contributed by atoms with van der Waals surface area (Å²) in [6.45, 7) is 4.76. The standard InChI is InChI=1S/C16H20FN3O4S/c1-10-15(12(3)24-19-10)25(22,23)20-11(2)16(21)18-9-8-13-4-6-14(17)7-5-13/h4-7,11,20H,8-9H2,1-3H3,(H,18,21)/t11-/m1/s1. The van der Waals surface area contributed by atoms with Crippen molar-refractivity contribution in [1.82, 2.24) is 15.2 Å². The molecule has 9 heteroatoms. The van der Waals surface area contributed by atoms with Crippen molar-refractivity contribution in [2.75, 3.05) is 6.54 Å². The number of hydrogen-bond acceptors (Lipinski definition) is 5. The monoisotopic (exact) mass is 369 g/mol. The van der Waals surface area contributed by atoms with E-state index in [0.717, 1.165) is 5.56 Å². The lowest BCUT2D eigenvalue weighted by Gasteiger charge is -2.14. The summed E-state index contributed by atoms with van der Waals surface area (Å²) in [7, 11) is -3.91. The van der Waals surface area contributed by atoms with Gasteiger partial charge >= 0.3 is 0 Å². The summed E-state index contributed by atoms with van der Waals surface area (Å²) in [5, 5.41) is 6.25. The van der Waals surface area contributed by atoms with Gasteiger partial charge in [-0.25, -0.2) is 12.8 Å². The molecule has 0 saturated carbocycles. The molecule has 7 nitrogen and oxygen atoms in total. The van der Waals surface area contributed by atoms with Crippen LogP contribution in [0.15, 0.2) is 33.7 Å². The first-order valence-electron chi connectivity index (χ1n) is 7.68. The number of aromatic nitrogens is 1. The summed E-state index contributed by atoms with van der Waals surface area (Å²) in [4.78, 5) is 12.0. The van der Waals surface area contributed by atoms with Crippen molar-refractivity contribution >= 4 is 15.9 Å². The third kappa shape index (κ3) is 4.86. The molecular formula is C16H20FN3O4S. The lowest BCUT2D eigenvalue weighted by Crippen LogP contribution is -2.45. The first kappa shape index (κ1) is 19.1. The first-order chi connectivity index (χ1) is 11.7. The maximum absolute atomic E-state index is 12.8. The zero-order valence-corrected chi connectivity index (χ0v) is 15.0. The van der Waals surface area contributed by atoms with Crippen LogP contribution in [0.4, 0.5) is 4.39 Å². The summed E-state index contributed by atoms with van der Waals surface area (Å²) in [5.41, 5.74) is 1.10. The summed E-state index contributed by atoms with van der Waals surface area (Å²) in [5.74, 6) is -0.624. The summed E-state index contributed by atoms with van der Waals surface area (Å²) in [6, 6.07) is 4.98. The van der Waals surface area contributed by atoms with Gasteiger partial charge in [0, 0.05) is 6.54 Å². The van der Waals surface area contributed by atoms with E-state index < -0.39 is 22.0 Å². The molecule has 2 N–H and O–H groups in total. The van der Waals surface area contributed by atoms with Crippen LogP contribution in [0.3, 0.4) is 0 Å². The molecule has 136 valence electrons. The number of sulfonamides is 1. The normalized spacial score (nSPS) is 12.8. The molecule has 1 aromatic carbocycles. The smallest absolute Gasteiger partial charge is 0.246 e. The van der Waals surface area contributed by atoms with E-state index in [4.69, 9.17) is 4.52 Å². The zero-order chi connectivity index (χ0) is 18.6. The molecule has 25 heavy (non-hydrogen) atoms. The number of nitrogens with zero attached hydrogens (tertiary/aromatic N) is 1. The van der Waals surface area contributed by atoms with E-state index in [0.29, 0.717) is 13.0 Å². The highest BCUT2D eigenvalue weighted by atomic mass is 32.2. The van der Waals surface area contributed by atoms with E-state index in [9.17, 15) is 17.6 Å². The van der Waals surface area contributed by atoms with Crippen molar-refractivity contribution in [2.45, 2.75) is 38.1 Å². The molecule has 0 bridgehead atoms. The van der Waals surface area contributed by atoms with E-state index >= 15 is 0 Å². The molecule has 1 amide bonds. The van der Waals surface area contributed by atoms with Crippen LogP contribution in [-0.4, -0.2) is 32.1 Å². The van der Waals surface area contributed by atoms with Gasteiger partial charge in [-0.05, 0) is 44.9 Å². The van der Waals surface area contributed by atoms with E-state index in [1.54, 1.807) is 12.1 Å². The molecule has 2 aromatic rings. The number of carbonyl (C=O) groups is 1. The van der Waals surface area contributed by atoms with Crippen LogP contribution in [0.1, 0.15) is 23.9 Å². The molecule has 1 heterocycles. The van der Waals surface area contributed by atoms with Gasteiger partial charge in [0.1, 0.15) is 16.4 Å². The van der Waals surface area contributed by atoms with Gasteiger partial charge in [0.25, 0.3) is 0 Å². The van der Waals surface area contributed by atoms with E-state index in [1.165, 1.54) is 32.9 Å². The Labute approximate surface area is 145 Å². The lowest BCUT2D eigenvalue weighted by molar-refractivity contribution is -0.122.